The van der Waals surface area contributed by atoms with Crippen molar-refractivity contribution in [3.63, 3.8) is 0 Å². The Balaban J connectivity index is 2.03. The highest BCUT2D eigenvalue weighted by Crippen LogP contribution is 2.12. The van der Waals surface area contributed by atoms with Gasteiger partial charge in [-0.3, -0.25) is 4.79 Å². The molecule has 1 aromatic rings. The molecule has 20 heavy (non-hydrogen) atoms. The van der Waals surface area contributed by atoms with Crippen LogP contribution < -0.4 is 10.6 Å². The Kier molecular flexibility index (Phi) is 3.88. The number of benzene rings is 1. The van der Waals surface area contributed by atoms with Crippen LogP contribution in [0, 0.1) is 0 Å². The number of nitrogens with one attached hydrogen (secondary N) is 2. The fraction of sp³-hybridized carbons (Fsp3) is 0.308. The van der Waals surface area contributed by atoms with E-state index in [1.807, 2.05) is 0 Å². The number of aromatic carboxylic acids is 1. The van der Waals surface area contributed by atoms with Crippen molar-refractivity contribution in [3.05, 3.63) is 29.8 Å². The van der Waals surface area contributed by atoms with Crippen molar-refractivity contribution < 1.29 is 19.5 Å². The highest BCUT2D eigenvalue weighted by molar-refractivity contribution is 5.95. The highest BCUT2D eigenvalue weighted by Gasteiger charge is 2.29. The van der Waals surface area contributed by atoms with Gasteiger partial charge in [0.05, 0.1) is 5.56 Å². The van der Waals surface area contributed by atoms with Crippen LogP contribution in [0.15, 0.2) is 24.3 Å². The van der Waals surface area contributed by atoms with Gasteiger partial charge in [-0.15, -0.1) is 0 Å². The lowest BCUT2D eigenvalue weighted by Crippen LogP contribution is -2.56. The predicted molar refractivity (Wildman–Crippen MR) is 71.6 cm³/mol. The van der Waals surface area contributed by atoms with E-state index < -0.39 is 12.0 Å². The lowest BCUT2D eigenvalue weighted by atomic mass is 10.2. The van der Waals surface area contributed by atoms with Gasteiger partial charge in [0.1, 0.15) is 6.04 Å². The van der Waals surface area contributed by atoms with Gasteiger partial charge in [-0.2, -0.15) is 0 Å². The summed E-state index contributed by atoms with van der Waals surface area (Å²) >= 11 is 0. The fourth-order valence-electron chi connectivity index (χ4n) is 1.95. The number of carboxylic acid groups (broad SMARTS) is 1. The van der Waals surface area contributed by atoms with E-state index in [2.05, 4.69) is 10.6 Å². The molecule has 0 bridgehead atoms. The number of carboxylic acids is 1. The van der Waals surface area contributed by atoms with Gasteiger partial charge in [-0.25, -0.2) is 9.59 Å². The van der Waals surface area contributed by atoms with Crippen molar-refractivity contribution in [1.82, 2.24) is 10.2 Å². The number of nitrogens with zero attached hydrogens (tertiary/aromatic N) is 1. The molecule has 1 aliphatic rings. The number of rotatable bonds is 2. The van der Waals surface area contributed by atoms with Crippen LogP contribution in [0.4, 0.5) is 10.5 Å². The van der Waals surface area contributed by atoms with Gasteiger partial charge in [-0.1, -0.05) is 0 Å². The first kappa shape index (κ1) is 13.9. The molecule has 7 nitrogen and oxygen atoms in total. The molecule has 1 aliphatic heterocycles. The van der Waals surface area contributed by atoms with E-state index >= 15 is 0 Å². The number of carbonyl (C=O) groups excluding carboxylic acids is 2. The predicted octanol–water partition coefficient (Wildman–Crippen LogP) is 0.737. The van der Waals surface area contributed by atoms with Gasteiger partial charge in [0, 0.05) is 18.8 Å². The van der Waals surface area contributed by atoms with Gasteiger partial charge in [0.2, 0.25) is 5.91 Å². The molecule has 0 aromatic heterocycles. The van der Waals surface area contributed by atoms with E-state index in [9.17, 15) is 14.4 Å². The summed E-state index contributed by atoms with van der Waals surface area (Å²) in [4.78, 5) is 35.7. The average molecular weight is 277 g/mol. The van der Waals surface area contributed by atoms with Crippen LogP contribution in [0.3, 0.4) is 0 Å². The molecule has 1 aromatic carbocycles. The number of urea groups is 1. The van der Waals surface area contributed by atoms with Crippen molar-refractivity contribution in [2.45, 2.75) is 13.0 Å². The van der Waals surface area contributed by atoms with Gasteiger partial charge in [-0.05, 0) is 31.2 Å². The Morgan fingerprint density at radius 2 is 2.00 bits per heavy atom. The number of piperazine rings is 1. The monoisotopic (exact) mass is 277 g/mol. The van der Waals surface area contributed by atoms with E-state index in [0.29, 0.717) is 18.8 Å². The number of anilines is 1. The van der Waals surface area contributed by atoms with Crippen molar-refractivity contribution >= 4 is 23.6 Å². The molecule has 1 unspecified atom stereocenters. The molecule has 0 aliphatic carbocycles. The van der Waals surface area contributed by atoms with Crippen LogP contribution in [0.1, 0.15) is 17.3 Å². The second-order valence-electron chi connectivity index (χ2n) is 4.47. The minimum atomic E-state index is -1.02. The first-order chi connectivity index (χ1) is 9.49. The third-order valence-corrected chi connectivity index (χ3v) is 3.14. The lowest BCUT2D eigenvalue weighted by Gasteiger charge is -2.32. The Labute approximate surface area is 115 Å². The topological polar surface area (TPSA) is 98.7 Å². The summed E-state index contributed by atoms with van der Waals surface area (Å²) in [6, 6.07) is 4.93. The van der Waals surface area contributed by atoms with E-state index in [1.54, 1.807) is 6.92 Å². The zero-order valence-electron chi connectivity index (χ0n) is 10.9. The Bertz CT molecular complexity index is 541. The molecule has 0 spiro atoms. The number of hydrogen-bond acceptors (Lipinski definition) is 3. The molecular weight excluding hydrogens is 262 g/mol. The van der Waals surface area contributed by atoms with E-state index in [1.165, 1.54) is 29.2 Å². The largest absolute Gasteiger partial charge is 0.478 e. The number of amides is 3. The molecule has 0 saturated carbocycles. The molecular formula is C13H15N3O4. The zero-order chi connectivity index (χ0) is 14.7. The Morgan fingerprint density at radius 3 is 2.60 bits per heavy atom. The van der Waals surface area contributed by atoms with Crippen LogP contribution in [0.2, 0.25) is 0 Å². The standard InChI is InChI=1S/C13H15N3O4/c1-8-11(17)14-6-7-16(8)13(20)15-10-4-2-9(3-5-10)12(18)19/h2-5,8H,6-7H2,1H3,(H,14,17)(H,15,20)(H,18,19). The molecule has 0 radical (unpaired) electrons. The minimum absolute atomic E-state index is 0.147. The van der Waals surface area contributed by atoms with Crippen LogP contribution >= 0.6 is 0 Å². The summed E-state index contributed by atoms with van der Waals surface area (Å²) in [5.74, 6) is -1.21. The SMILES string of the molecule is CC1C(=O)NCCN1C(=O)Nc1ccc(C(=O)O)cc1. The quantitative estimate of drug-likeness (QED) is 0.742. The smallest absolute Gasteiger partial charge is 0.335 e. The van der Waals surface area contributed by atoms with Crippen molar-refractivity contribution in [2.24, 2.45) is 0 Å². The Morgan fingerprint density at radius 1 is 1.35 bits per heavy atom. The summed E-state index contributed by atoms with van der Waals surface area (Å²) in [6.45, 7) is 2.52. The van der Waals surface area contributed by atoms with Crippen LogP contribution in [0.25, 0.3) is 0 Å². The lowest BCUT2D eigenvalue weighted by molar-refractivity contribution is -0.126. The first-order valence-electron chi connectivity index (χ1n) is 6.17. The third kappa shape index (κ3) is 2.87. The van der Waals surface area contributed by atoms with E-state index in [4.69, 9.17) is 5.11 Å². The highest BCUT2D eigenvalue weighted by atomic mass is 16.4. The fourth-order valence-corrected chi connectivity index (χ4v) is 1.95. The molecule has 3 N–H and O–H groups in total. The summed E-state index contributed by atoms with van der Waals surface area (Å²) in [5.41, 5.74) is 0.631. The van der Waals surface area contributed by atoms with Crippen molar-refractivity contribution in [1.29, 1.82) is 0 Å². The maximum atomic E-state index is 12.1. The van der Waals surface area contributed by atoms with Gasteiger partial charge >= 0.3 is 12.0 Å². The van der Waals surface area contributed by atoms with Gasteiger partial charge < -0.3 is 20.6 Å². The summed E-state index contributed by atoms with van der Waals surface area (Å²) in [7, 11) is 0. The van der Waals surface area contributed by atoms with Crippen LogP contribution in [0.5, 0.6) is 0 Å². The maximum absolute atomic E-state index is 12.1. The second kappa shape index (κ2) is 5.60. The molecule has 2 rings (SSSR count). The van der Waals surface area contributed by atoms with E-state index in [0.717, 1.165) is 0 Å². The number of hydrogen-bond donors (Lipinski definition) is 3. The molecule has 7 heteroatoms. The first-order valence-corrected chi connectivity index (χ1v) is 6.17. The molecule has 3 amide bonds. The van der Waals surface area contributed by atoms with Gasteiger partial charge in [0.15, 0.2) is 0 Å². The normalized spacial score (nSPS) is 18.4. The van der Waals surface area contributed by atoms with Crippen LogP contribution in [-0.4, -0.2) is 47.0 Å². The molecule has 1 fully saturated rings. The molecule has 1 saturated heterocycles. The van der Waals surface area contributed by atoms with Crippen LogP contribution in [-0.2, 0) is 4.79 Å². The molecule has 1 heterocycles. The molecule has 106 valence electrons. The minimum Gasteiger partial charge on any atom is -0.478 e. The molecule has 1 atom stereocenters. The average Bonchev–Trinajstić information content (AvgIpc) is 2.42. The summed E-state index contributed by atoms with van der Waals surface area (Å²) < 4.78 is 0. The second-order valence-corrected chi connectivity index (χ2v) is 4.47. The van der Waals surface area contributed by atoms with Crippen molar-refractivity contribution in [2.75, 3.05) is 18.4 Å². The zero-order valence-corrected chi connectivity index (χ0v) is 10.9. The van der Waals surface area contributed by atoms with Crippen molar-refractivity contribution in [3.8, 4) is 0 Å². The third-order valence-electron chi connectivity index (χ3n) is 3.14. The maximum Gasteiger partial charge on any atom is 0.335 e. The van der Waals surface area contributed by atoms with E-state index in [-0.39, 0.29) is 17.5 Å². The summed E-state index contributed by atoms with van der Waals surface area (Å²) in [5, 5.41) is 14.1. The Hall–Kier alpha value is -2.57. The van der Waals surface area contributed by atoms with Gasteiger partial charge in [0.25, 0.3) is 0 Å². The summed E-state index contributed by atoms with van der Waals surface area (Å²) in [6.07, 6.45) is 0. The number of carbonyl (C=O) groups is 3.